The summed E-state index contributed by atoms with van der Waals surface area (Å²) in [4.78, 5) is 21.7. The number of benzene rings is 2. The topological polar surface area (TPSA) is 106 Å². The molecule has 0 saturated heterocycles. The molecule has 2 aromatic carbocycles. The van der Waals surface area contributed by atoms with Crippen LogP contribution in [0.2, 0.25) is 0 Å². The van der Waals surface area contributed by atoms with Crippen LogP contribution in [-0.4, -0.2) is 37.7 Å². The van der Waals surface area contributed by atoms with Crippen molar-refractivity contribution in [3.8, 4) is 16.8 Å². The van der Waals surface area contributed by atoms with E-state index in [1.165, 1.54) is 5.56 Å². The van der Waals surface area contributed by atoms with Crippen LogP contribution in [0, 0.1) is 0 Å². The summed E-state index contributed by atoms with van der Waals surface area (Å²) >= 11 is 0. The number of primary amides is 1. The molecule has 3 heterocycles. The molecule has 4 N–H and O–H groups in total. The average Bonchev–Trinajstić information content (AvgIpc) is 3.33. The third kappa shape index (κ3) is 4.39. The summed E-state index contributed by atoms with van der Waals surface area (Å²) in [6, 6.07) is 18.2. The number of anilines is 1. The number of aryl methyl sites for hydroxylation is 1. The standard InChI is InChI=1S/C31H31N5O2/c1-2-19-18-36(23-9-12-26(30(32)38)28(16-23)35-22-7-10-24(37)11-8-22)31-29(19)25(13-14-33-31)21-15-20-5-3-4-6-27(20)34-17-21/h3-6,9,12-18,22,24,35,37H,2,7-8,10-11H2,1H3,(H2,32,38). The Bertz CT molecular complexity index is 1650. The first-order chi connectivity index (χ1) is 18.5. The van der Waals surface area contributed by atoms with Gasteiger partial charge in [0.1, 0.15) is 5.65 Å². The molecule has 0 aliphatic heterocycles. The minimum atomic E-state index is -0.467. The zero-order chi connectivity index (χ0) is 26.2. The molecule has 3 aromatic heterocycles. The molecule has 6 rings (SSSR count). The van der Waals surface area contributed by atoms with E-state index in [2.05, 4.69) is 46.2 Å². The summed E-state index contributed by atoms with van der Waals surface area (Å²) in [6.45, 7) is 2.15. The lowest BCUT2D eigenvalue weighted by molar-refractivity contribution is 0.100. The van der Waals surface area contributed by atoms with Gasteiger partial charge in [-0.3, -0.25) is 9.78 Å². The van der Waals surface area contributed by atoms with Gasteiger partial charge in [0.15, 0.2) is 0 Å². The first-order valence-electron chi connectivity index (χ1n) is 13.2. The van der Waals surface area contributed by atoms with E-state index in [-0.39, 0.29) is 12.1 Å². The van der Waals surface area contributed by atoms with Gasteiger partial charge < -0.3 is 20.7 Å². The fourth-order valence-electron chi connectivity index (χ4n) is 5.61. The molecule has 5 aromatic rings. The maximum absolute atomic E-state index is 12.2. The van der Waals surface area contributed by atoms with E-state index in [0.29, 0.717) is 11.3 Å². The minimum absolute atomic E-state index is 0.185. The van der Waals surface area contributed by atoms with Crippen molar-refractivity contribution in [3.05, 3.63) is 84.3 Å². The second kappa shape index (κ2) is 9.91. The minimum Gasteiger partial charge on any atom is -0.393 e. The Hall–Kier alpha value is -4.23. The third-order valence-electron chi connectivity index (χ3n) is 7.65. The molecule has 0 radical (unpaired) electrons. The van der Waals surface area contributed by atoms with Crippen molar-refractivity contribution in [1.82, 2.24) is 14.5 Å². The lowest BCUT2D eigenvalue weighted by atomic mass is 9.92. The zero-order valence-electron chi connectivity index (χ0n) is 21.4. The summed E-state index contributed by atoms with van der Waals surface area (Å²) in [5.74, 6) is -0.467. The zero-order valence-corrected chi connectivity index (χ0v) is 21.4. The molecule has 1 amide bonds. The van der Waals surface area contributed by atoms with Crippen LogP contribution in [0.3, 0.4) is 0 Å². The molecule has 7 nitrogen and oxygen atoms in total. The van der Waals surface area contributed by atoms with Gasteiger partial charge in [0.25, 0.3) is 5.91 Å². The molecule has 1 aliphatic carbocycles. The fraction of sp³-hybridized carbons (Fsp3) is 0.258. The first kappa shape index (κ1) is 24.1. The number of nitrogens with zero attached hydrogens (tertiary/aromatic N) is 3. The monoisotopic (exact) mass is 505 g/mol. The van der Waals surface area contributed by atoms with Crippen molar-refractivity contribution in [2.75, 3.05) is 5.32 Å². The number of aromatic nitrogens is 3. The lowest BCUT2D eigenvalue weighted by Gasteiger charge is -2.28. The summed E-state index contributed by atoms with van der Waals surface area (Å²) in [6.07, 6.45) is 9.71. The van der Waals surface area contributed by atoms with Crippen LogP contribution in [0.5, 0.6) is 0 Å². The van der Waals surface area contributed by atoms with Gasteiger partial charge in [0.05, 0.1) is 17.2 Å². The number of hydrogen-bond acceptors (Lipinski definition) is 5. The maximum Gasteiger partial charge on any atom is 0.250 e. The number of aliphatic hydroxyl groups is 1. The number of amides is 1. The molecule has 38 heavy (non-hydrogen) atoms. The number of hydrogen-bond donors (Lipinski definition) is 3. The molecule has 1 aliphatic rings. The van der Waals surface area contributed by atoms with Crippen LogP contribution in [-0.2, 0) is 6.42 Å². The highest BCUT2D eigenvalue weighted by atomic mass is 16.3. The molecule has 1 saturated carbocycles. The number of pyridine rings is 2. The number of carbonyl (C=O) groups excluding carboxylic acids is 1. The van der Waals surface area contributed by atoms with E-state index < -0.39 is 5.91 Å². The summed E-state index contributed by atoms with van der Waals surface area (Å²) in [7, 11) is 0. The van der Waals surface area contributed by atoms with Crippen LogP contribution < -0.4 is 11.1 Å². The highest BCUT2D eigenvalue weighted by Crippen LogP contribution is 2.35. The number of nitrogens with two attached hydrogens (primary N) is 1. The maximum atomic E-state index is 12.2. The molecular weight excluding hydrogens is 474 g/mol. The van der Waals surface area contributed by atoms with E-state index in [1.54, 1.807) is 6.07 Å². The highest BCUT2D eigenvalue weighted by Gasteiger charge is 2.22. The smallest absolute Gasteiger partial charge is 0.250 e. The van der Waals surface area contributed by atoms with E-state index >= 15 is 0 Å². The van der Waals surface area contributed by atoms with Crippen molar-refractivity contribution in [2.24, 2.45) is 5.73 Å². The molecule has 0 bridgehead atoms. The molecule has 0 atom stereocenters. The van der Waals surface area contributed by atoms with Crippen LogP contribution in [0.15, 0.2) is 73.2 Å². The van der Waals surface area contributed by atoms with Crippen molar-refractivity contribution >= 4 is 33.5 Å². The second-order valence-corrected chi connectivity index (χ2v) is 10.1. The Labute approximate surface area is 221 Å². The summed E-state index contributed by atoms with van der Waals surface area (Å²) in [5, 5.41) is 15.6. The second-order valence-electron chi connectivity index (χ2n) is 10.1. The van der Waals surface area contributed by atoms with Crippen molar-refractivity contribution < 1.29 is 9.90 Å². The van der Waals surface area contributed by atoms with Crippen LogP contribution >= 0.6 is 0 Å². The molecule has 7 heteroatoms. The van der Waals surface area contributed by atoms with E-state index in [1.807, 2.05) is 42.7 Å². The molecule has 0 spiro atoms. The third-order valence-corrected chi connectivity index (χ3v) is 7.65. The number of para-hydroxylation sites is 1. The normalized spacial score (nSPS) is 17.6. The van der Waals surface area contributed by atoms with Crippen LogP contribution in [0.1, 0.15) is 48.5 Å². The largest absolute Gasteiger partial charge is 0.393 e. The van der Waals surface area contributed by atoms with Crippen LogP contribution in [0.4, 0.5) is 5.69 Å². The van der Waals surface area contributed by atoms with Crippen molar-refractivity contribution in [2.45, 2.75) is 51.2 Å². The van der Waals surface area contributed by atoms with Gasteiger partial charge in [-0.05, 0) is 79.6 Å². The van der Waals surface area contributed by atoms with E-state index in [0.717, 1.165) is 70.9 Å². The SMILES string of the molecule is CCc1cn(-c2ccc(C(N)=O)c(NC3CCC(O)CC3)c2)c2nccc(-c3cnc4ccccc4c3)c12. The predicted molar refractivity (Wildman–Crippen MR) is 152 cm³/mol. The van der Waals surface area contributed by atoms with E-state index in [4.69, 9.17) is 10.7 Å². The molecule has 0 unspecified atom stereocenters. The Kier molecular flexibility index (Phi) is 6.29. The van der Waals surface area contributed by atoms with Gasteiger partial charge in [-0.25, -0.2) is 4.98 Å². The Morgan fingerprint density at radius 1 is 1.08 bits per heavy atom. The molecule has 192 valence electrons. The summed E-state index contributed by atoms with van der Waals surface area (Å²) < 4.78 is 2.09. The van der Waals surface area contributed by atoms with E-state index in [9.17, 15) is 9.90 Å². The number of carbonyl (C=O) groups is 1. The van der Waals surface area contributed by atoms with Gasteiger partial charge in [-0.1, -0.05) is 25.1 Å². The highest BCUT2D eigenvalue weighted by molar-refractivity contribution is 6.00. The number of rotatable bonds is 6. The fourth-order valence-corrected chi connectivity index (χ4v) is 5.61. The molecular formula is C31H31N5O2. The lowest BCUT2D eigenvalue weighted by Crippen LogP contribution is -2.29. The van der Waals surface area contributed by atoms with Gasteiger partial charge in [0, 0.05) is 52.3 Å². The number of fused-ring (bicyclic) bond motifs is 2. The Balaban J connectivity index is 1.45. The summed E-state index contributed by atoms with van der Waals surface area (Å²) in [5.41, 5.74) is 13.0. The van der Waals surface area contributed by atoms with Gasteiger partial charge >= 0.3 is 0 Å². The molecule has 1 fully saturated rings. The van der Waals surface area contributed by atoms with Crippen LogP contribution in [0.25, 0.3) is 38.8 Å². The van der Waals surface area contributed by atoms with Crippen molar-refractivity contribution in [3.63, 3.8) is 0 Å². The van der Waals surface area contributed by atoms with Gasteiger partial charge in [-0.15, -0.1) is 0 Å². The Morgan fingerprint density at radius 3 is 2.68 bits per heavy atom. The quantitative estimate of drug-likeness (QED) is 0.278. The van der Waals surface area contributed by atoms with Crippen molar-refractivity contribution in [1.29, 1.82) is 0 Å². The van der Waals surface area contributed by atoms with Gasteiger partial charge in [0.2, 0.25) is 0 Å². The number of aliphatic hydroxyl groups excluding tert-OH is 1. The predicted octanol–water partition coefficient (Wildman–Crippen LogP) is 5.62. The average molecular weight is 506 g/mol. The Morgan fingerprint density at radius 2 is 1.89 bits per heavy atom. The number of nitrogens with one attached hydrogen (secondary N) is 1. The van der Waals surface area contributed by atoms with Gasteiger partial charge in [-0.2, -0.15) is 0 Å². The first-order valence-corrected chi connectivity index (χ1v) is 13.2.